The zero-order valence-electron chi connectivity index (χ0n) is 14.6. The molecule has 2 aromatic carbocycles. The van der Waals surface area contributed by atoms with E-state index in [9.17, 15) is 9.59 Å². The normalized spacial score (nSPS) is 13.8. The van der Waals surface area contributed by atoms with Gasteiger partial charge in [-0.15, -0.1) is 0 Å². The summed E-state index contributed by atoms with van der Waals surface area (Å²) in [6.07, 6.45) is 1.37. The molecule has 0 atom stereocenters. The van der Waals surface area contributed by atoms with Crippen molar-refractivity contribution in [1.82, 2.24) is 4.90 Å². The average Bonchev–Trinajstić information content (AvgIpc) is 3.04. The molecule has 1 fully saturated rings. The lowest BCUT2D eigenvalue weighted by Gasteiger charge is -2.29. The van der Waals surface area contributed by atoms with Gasteiger partial charge in [-0.2, -0.15) is 0 Å². The van der Waals surface area contributed by atoms with Crippen LogP contribution >= 0.6 is 0 Å². The van der Waals surface area contributed by atoms with Gasteiger partial charge in [0.2, 0.25) is 5.91 Å². The van der Waals surface area contributed by atoms with Crippen LogP contribution in [-0.4, -0.2) is 37.0 Å². The summed E-state index contributed by atoms with van der Waals surface area (Å²) in [5, 5.41) is 0. The van der Waals surface area contributed by atoms with E-state index in [0.29, 0.717) is 30.0 Å². The molecule has 1 heterocycles. The molecule has 1 aliphatic heterocycles. The highest BCUT2D eigenvalue weighted by atomic mass is 16.5. The molecule has 2 amide bonds. The Balaban J connectivity index is 1.97. The number of amides is 2. The van der Waals surface area contributed by atoms with Crippen LogP contribution in [0.1, 0.15) is 28.8 Å². The van der Waals surface area contributed by atoms with Crippen molar-refractivity contribution in [2.24, 2.45) is 0 Å². The van der Waals surface area contributed by atoms with E-state index in [-0.39, 0.29) is 18.5 Å². The van der Waals surface area contributed by atoms with E-state index in [2.05, 4.69) is 0 Å². The van der Waals surface area contributed by atoms with Crippen LogP contribution in [0, 0.1) is 6.92 Å². The molecule has 0 aromatic heterocycles. The molecule has 5 nitrogen and oxygen atoms in total. The van der Waals surface area contributed by atoms with Gasteiger partial charge in [0.05, 0.1) is 12.8 Å². The van der Waals surface area contributed by atoms with Crippen molar-refractivity contribution in [3.8, 4) is 5.75 Å². The van der Waals surface area contributed by atoms with Crippen molar-refractivity contribution in [1.29, 1.82) is 0 Å². The lowest BCUT2D eigenvalue weighted by Crippen LogP contribution is -2.42. The fourth-order valence-electron chi connectivity index (χ4n) is 2.98. The molecule has 1 aliphatic rings. The molecule has 0 N–H and O–H groups in total. The van der Waals surface area contributed by atoms with Gasteiger partial charge in [-0.25, -0.2) is 0 Å². The number of anilines is 1. The third-order valence-electron chi connectivity index (χ3n) is 4.40. The highest BCUT2D eigenvalue weighted by Gasteiger charge is 2.27. The Hall–Kier alpha value is -2.82. The minimum Gasteiger partial charge on any atom is -0.495 e. The van der Waals surface area contributed by atoms with Crippen molar-refractivity contribution in [3.63, 3.8) is 0 Å². The van der Waals surface area contributed by atoms with Crippen molar-refractivity contribution in [2.75, 3.05) is 25.2 Å². The van der Waals surface area contributed by atoms with E-state index >= 15 is 0 Å². The number of aryl methyl sites for hydroxylation is 1. The first-order chi connectivity index (χ1) is 12.1. The molecular formula is C20H22N2O3. The van der Waals surface area contributed by atoms with Gasteiger partial charge in [0.25, 0.3) is 5.91 Å². The summed E-state index contributed by atoms with van der Waals surface area (Å²) in [6.45, 7) is 2.88. The predicted molar refractivity (Wildman–Crippen MR) is 96.8 cm³/mol. The largest absolute Gasteiger partial charge is 0.495 e. The minimum absolute atomic E-state index is 0.0802. The molecule has 0 radical (unpaired) electrons. The van der Waals surface area contributed by atoms with Crippen LogP contribution in [0.25, 0.3) is 0 Å². The van der Waals surface area contributed by atoms with E-state index in [1.807, 2.05) is 55.5 Å². The first kappa shape index (κ1) is 17.0. The fraction of sp³-hybridized carbons (Fsp3) is 0.300. The monoisotopic (exact) mass is 338 g/mol. The molecule has 0 spiro atoms. The van der Waals surface area contributed by atoms with Gasteiger partial charge < -0.3 is 9.64 Å². The summed E-state index contributed by atoms with van der Waals surface area (Å²) in [5.74, 6) is 0.537. The third kappa shape index (κ3) is 3.65. The summed E-state index contributed by atoms with van der Waals surface area (Å²) >= 11 is 0. The Labute approximate surface area is 147 Å². The lowest BCUT2D eigenvalue weighted by molar-refractivity contribution is -0.127. The Morgan fingerprint density at radius 2 is 1.88 bits per heavy atom. The number of ether oxygens (including phenoxy) is 1. The van der Waals surface area contributed by atoms with Crippen LogP contribution in [0.15, 0.2) is 48.5 Å². The van der Waals surface area contributed by atoms with Crippen LogP contribution in [0.4, 0.5) is 5.69 Å². The van der Waals surface area contributed by atoms with Crippen LogP contribution in [0.2, 0.25) is 0 Å². The molecule has 0 saturated carbocycles. The number of para-hydroxylation sites is 2. The molecule has 25 heavy (non-hydrogen) atoms. The molecule has 5 heteroatoms. The number of hydrogen-bond donors (Lipinski definition) is 0. The molecule has 2 aromatic rings. The Morgan fingerprint density at radius 3 is 2.52 bits per heavy atom. The van der Waals surface area contributed by atoms with Crippen molar-refractivity contribution < 1.29 is 14.3 Å². The van der Waals surface area contributed by atoms with Gasteiger partial charge in [-0.05, 0) is 37.6 Å². The number of benzene rings is 2. The number of methoxy groups -OCH3 is 1. The standard InChI is InChI=1S/C20H22N2O3/c1-15-9-11-16(12-10-15)20(24)22(14-21-13-5-8-19(21)23)17-6-3-4-7-18(17)25-2/h3-4,6-7,9-12H,5,8,13-14H2,1-2H3. The second kappa shape index (κ2) is 7.38. The van der Waals surface area contributed by atoms with Crippen molar-refractivity contribution in [2.45, 2.75) is 19.8 Å². The number of carbonyl (C=O) groups is 2. The highest BCUT2D eigenvalue weighted by Crippen LogP contribution is 2.30. The second-order valence-electron chi connectivity index (χ2n) is 6.17. The van der Waals surface area contributed by atoms with Gasteiger partial charge in [0.1, 0.15) is 12.4 Å². The number of rotatable bonds is 5. The fourth-order valence-corrected chi connectivity index (χ4v) is 2.98. The molecular weight excluding hydrogens is 316 g/mol. The SMILES string of the molecule is COc1ccccc1N(CN1CCCC1=O)C(=O)c1ccc(C)cc1. The molecule has 3 rings (SSSR count). The van der Waals surface area contributed by atoms with E-state index in [1.165, 1.54) is 0 Å². The van der Waals surface area contributed by atoms with Gasteiger partial charge in [-0.1, -0.05) is 29.8 Å². The van der Waals surface area contributed by atoms with Gasteiger partial charge in [0, 0.05) is 18.5 Å². The zero-order chi connectivity index (χ0) is 17.8. The van der Waals surface area contributed by atoms with Gasteiger partial charge >= 0.3 is 0 Å². The van der Waals surface area contributed by atoms with Gasteiger partial charge in [0.15, 0.2) is 0 Å². The van der Waals surface area contributed by atoms with Crippen LogP contribution in [0.3, 0.4) is 0 Å². The first-order valence-corrected chi connectivity index (χ1v) is 8.39. The quantitative estimate of drug-likeness (QED) is 0.841. The van der Waals surface area contributed by atoms with Crippen LogP contribution in [-0.2, 0) is 4.79 Å². The van der Waals surface area contributed by atoms with Crippen molar-refractivity contribution >= 4 is 17.5 Å². The van der Waals surface area contributed by atoms with Gasteiger partial charge in [-0.3, -0.25) is 14.5 Å². The first-order valence-electron chi connectivity index (χ1n) is 8.39. The summed E-state index contributed by atoms with van der Waals surface area (Å²) in [4.78, 5) is 28.5. The Morgan fingerprint density at radius 1 is 1.16 bits per heavy atom. The lowest BCUT2D eigenvalue weighted by atomic mass is 10.1. The van der Waals surface area contributed by atoms with Crippen LogP contribution < -0.4 is 9.64 Å². The summed E-state index contributed by atoms with van der Waals surface area (Å²) < 4.78 is 5.43. The molecule has 0 bridgehead atoms. The van der Waals surface area contributed by atoms with E-state index < -0.39 is 0 Å². The number of nitrogens with zero attached hydrogens (tertiary/aromatic N) is 2. The molecule has 0 aliphatic carbocycles. The zero-order valence-corrected chi connectivity index (χ0v) is 14.6. The minimum atomic E-state index is -0.149. The third-order valence-corrected chi connectivity index (χ3v) is 4.40. The Kier molecular flexibility index (Phi) is 5.03. The van der Waals surface area contributed by atoms with E-state index in [0.717, 1.165) is 12.0 Å². The predicted octanol–water partition coefficient (Wildman–Crippen LogP) is 3.23. The maximum atomic E-state index is 13.2. The van der Waals surface area contributed by atoms with E-state index in [4.69, 9.17) is 4.74 Å². The smallest absolute Gasteiger partial charge is 0.259 e. The second-order valence-corrected chi connectivity index (χ2v) is 6.17. The number of carbonyl (C=O) groups excluding carboxylic acids is 2. The number of likely N-dealkylation sites (tertiary alicyclic amines) is 1. The van der Waals surface area contributed by atoms with E-state index in [1.54, 1.807) is 16.9 Å². The maximum Gasteiger partial charge on any atom is 0.259 e. The molecule has 0 unspecified atom stereocenters. The molecule has 1 saturated heterocycles. The Bertz CT molecular complexity index is 771. The highest BCUT2D eigenvalue weighted by molar-refractivity contribution is 6.07. The topological polar surface area (TPSA) is 49.9 Å². The van der Waals surface area contributed by atoms with Crippen LogP contribution in [0.5, 0.6) is 5.75 Å². The van der Waals surface area contributed by atoms with Crippen molar-refractivity contribution in [3.05, 3.63) is 59.7 Å². The maximum absolute atomic E-state index is 13.2. The summed E-state index contributed by atoms with van der Waals surface area (Å²) in [7, 11) is 1.58. The average molecular weight is 338 g/mol. The summed E-state index contributed by atoms with van der Waals surface area (Å²) in [5.41, 5.74) is 2.34. The molecule has 130 valence electrons. The number of hydrogen-bond acceptors (Lipinski definition) is 3. The summed E-state index contributed by atoms with van der Waals surface area (Å²) in [6, 6.07) is 14.8.